The Kier molecular flexibility index (Phi) is 19.1. The average Bonchev–Trinajstić information content (AvgIpc) is 3.86. The normalized spacial score (nSPS) is 13.6. The Morgan fingerprint density at radius 1 is 1.00 bits per heavy atom. The molecule has 3 aromatic heterocycles. The summed E-state index contributed by atoms with van der Waals surface area (Å²) in [6.07, 6.45) is 6.72. The van der Waals surface area contributed by atoms with E-state index in [4.69, 9.17) is 29.3 Å². The Bertz CT molecular complexity index is 2450. The van der Waals surface area contributed by atoms with E-state index in [-0.39, 0.29) is 18.1 Å². The van der Waals surface area contributed by atoms with Gasteiger partial charge in [0.25, 0.3) is 0 Å². The van der Waals surface area contributed by atoms with Crippen LogP contribution in [0.4, 0.5) is 21.2 Å². The number of carbonyl (C=O) groups excluding carboxylic acids is 1. The number of nitrogens with one attached hydrogen (secondary N) is 1. The van der Waals surface area contributed by atoms with Crippen LogP contribution in [-0.2, 0) is 22.6 Å². The van der Waals surface area contributed by atoms with Crippen LogP contribution in [0.3, 0.4) is 0 Å². The Balaban J connectivity index is 1.20. The average molecular weight is 944 g/mol. The first-order valence-corrected chi connectivity index (χ1v) is 28.1. The molecule has 0 saturated carbocycles. The molecule has 0 atom stereocenters. The minimum atomic E-state index is -1.24. The van der Waals surface area contributed by atoms with Gasteiger partial charge in [0.05, 0.1) is 30.5 Å². The van der Waals surface area contributed by atoms with Gasteiger partial charge in [-0.1, -0.05) is 61.4 Å². The largest absolute Gasteiger partial charge is 0.491 e. The van der Waals surface area contributed by atoms with E-state index >= 15 is 0 Å². The molecular formula is C48H66FN9O4S2Si. The summed E-state index contributed by atoms with van der Waals surface area (Å²) in [5, 5.41) is 13.7. The number of piperidine rings is 1. The number of benzene rings is 2. The number of halogens is 1. The van der Waals surface area contributed by atoms with Crippen LogP contribution in [0.5, 0.6) is 5.75 Å². The summed E-state index contributed by atoms with van der Waals surface area (Å²) in [5.74, 6) is 6.31. The Morgan fingerprint density at radius 2 is 1.82 bits per heavy atom. The highest BCUT2D eigenvalue weighted by Gasteiger charge is 2.24. The molecule has 17 heteroatoms. The molecule has 6 rings (SSSR count). The number of ether oxygens (including phenoxy) is 3. The quantitative estimate of drug-likeness (QED) is 0.0293. The van der Waals surface area contributed by atoms with Gasteiger partial charge in [-0.25, -0.2) is 14.2 Å². The van der Waals surface area contributed by atoms with Crippen LogP contribution in [-0.4, -0.2) is 124 Å². The lowest BCUT2D eigenvalue weighted by atomic mass is 10.1. The second-order valence-electron chi connectivity index (χ2n) is 17.9. The van der Waals surface area contributed by atoms with E-state index < -0.39 is 19.9 Å². The molecular weight excluding hydrogens is 878 g/mol. The summed E-state index contributed by atoms with van der Waals surface area (Å²) in [7, 11) is 3.98. The van der Waals surface area contributed by atoms with Gasteiger partial charge in [-0.3, -0.25) is 9.47 Å². The molecule has 350 valence electrons. The van der Waals surface area contributed by atoms with E-state index in [0.717, 1.165) is 64.0 Å². The van der Waals surface area contributed by atoms with E-state index in [2.05, 4.69) is 63.5 Å². The number of carbonyl (C=O) groups is 1. The monoisotopic (exact) mass is 943 g/mol. The summed E-state index contributed by atoms with van der Waals surface area (Å²) in [5.41, 5.74) is 2.76. The predicted molar refractivity (Wildman–Crippen MR) is 264 cm³/mol. The van der Waals surface area contributed by atoms with Gasteiger partial charge in [0.15, 0.2) is 38.8 Å². The number of aromatic nitrogens is 4. The molecule has 13 nitrogen and oxygen atoms in total. The fourth-order valence-electron chi connectivity index (χ4n) is 7.23. The van der Waals surface area contributed by atoms with Gasteiger partial charge in [0.1, 0.15) is 6.73 Å². The van der Waals surface area contributed by atoms with Crippen molar-refractivity contribution in [2.24, 2.45) is 4.99 Å². The third-order valence-electron chi connectivity index (χ3n) is 10.9. The Hall–Kier alpha value is -4.54. The highest BCUT2D eigenvalue weighted by atomic mass is 32.1. The lowest BCUT2D eigenvalue weighted by Gasteiger charge is -2.26. The van der Waals surface area contributed by atoms with Crippen molar-refractivity contribution in [1.82, 2.24) is 34.9 Å². The summed E-state index contributed by atoms with van der Waals surface area (Å²) >= 11 is 3.02. The molecule has 4 heterocycles. The molecule has 0 amide bonds. The number of unbranched alkanes of at least 4 members (excludes halogenated alkanes) is 1. The van der Waals surface area contributed by atoms with Crippen LogP contribution in [0.15, 0.2) is 53.5 Å². The van der Waals surface area contributed by atoms with Gasteiger partial charge in [-0.05, 0) is 127 Å². The number of hydrogen-bond donors (Lipinski definition) is 1. The number of aryl methyl sites for hydroxylation is 2. The molecule has 65 heavy (non-hydrogen) atoms. The molecule has 1 fully saturated rings. The van der Waals surface area contributed by atoms with Gasteiger partial charge in [0.2, 0.25) is 0 Å². The second-order valence-corrected chi connectivity index (χ2v) is 25.5. The summed E-state index contributed by atoms with van der Waals surface area (Å²) < 4.78 is 35.4. The minimum absolute atomic E-state index is 0.158. The summed E-state index contributed by atoms with van der Waals surface area (Å²) in [4.78, 5) is 31.2. The van der Waals surface area contributed by atoms with Gasteiger partial charge >= 0.3 is 5.97 Å². The first-order chi connectivity index (χ1) is 31.4. The van der Waals surface area contributed by atoms with Crippen LogP contribution >= 0.6 is 22.7 Å². The van der Waals surface area contributed by atoms with Gasteiger partial charge in [-0.15, -0.1) is 21.5 Å². The van der Waals surface area contributed by atoms with Crippen molar-refractivity contribution in [3.63, 3.8) is 0 Å². The number of para-hydroxylation sites is 1. The van der Waals surface area contributed by atoms with Crippen molar-refractivity contribution in [2.75, 3.05) is 85.1 Å². The van der Waals surface area contributed by atoms with Gasteiger partial charge in [-0.2, -0.15) is 4.99 Å². The molecule has 0 radical (unpaired) electrons. The smallest absolute Gasteiger partial charge is 0.357 e. The van der Waals surface area contributed by atoms with Crippen LogP contribution < -0.4 is 19.8 Å². The fourth-order valence-corrected chi connectivity index (χ4v) is 10.1. The maximum atomic E-state index is 14.9. The molecule has 0 unspecified atom stereocenters. The predicted octanol–water partition coefficient (Wildman–Crippen LogP) is 8.65. The maximum absolute atomic E-state index is 14.9. The zero-order chi connectivity index (χ0) is 46.2. The number of rotatable bonds is 23. The van der Waals surface area contributed by atoms with Crippen molar-refractivity contribution in [1.29, 1.82) is 0 Å². The van der Waals surface area contributed by atoms with E-state index in [1.54, 1.807) is 23.5 Å². The minimum Gasteiger partial charge on any atom is -0.491 e. The molecule has 2 aromatic carbocycles. The van der Waals surface area contributed by atoms with Crippen molar-refractivity contribution in [2.45, 2.75) is 84.3 Å². The third kappa shape index (κ3) is 15.2. The number of esters is 1. The molecule has 1 aliphatic rings. The number of hydrogen-bond acceptors (Lipinski definition) is 14. The lowest BCUT2D eigenvalue weighted by molar-refractivity contribution is 0.0593. The summed E-state index contributed by atoms with van der Waals surface area (Å²) in [6, 6.07) is 16.1. The van der Waals surface area contributed by atoms with E-state index in [0.29, 0.717) is 61.6 Å². The van der Waals surface area contributed by atoms with E-state index in [9.17, 15) is 9.18 Å². The first kappa shape index (κ1) is 49.9. The second kappa shape index (κ2) is 24.8. The van der Waals surface area contributed by atoms with Gasteiger partial charge < -0.3 is 29.3 Å². The van der Waals surface area contributed by atoms with Crippen LogP contribution in [0.1, 0.15) is 65.0 Å². The number of anilines is 2. The van der Waals surface area contributed by atoms with Gasteiger partial charge in [0, 0.05) is 44.8 Å². The van der Waals surface area contributed by atoms with Crippen molar-refractivity contribution >= 4 is 63.7 Å². The van der Waals surface area contributed by atoms with E-state index in [1.807, 2.05) is 49.0 Å². The van der Waals surface area contributed by atoms with E-state index in [1.165, 1.54) is 56.9 Å². The molecule has 0 aliphatic carbocycles. The standard InChI is InChI=1S/C48H66FN9O4S2Si/c1-36-33-43(53-54-45(36)52-48-58(35-61-31-32-65(5,6)7)39-18-9-10-19-41(39)63-48)57(28-14-11-23-50-24-29-56-26-12-8-13-27-56)47-51-44(46(59)60-4)42(64-47)20-16-30-62-40-22-21-37(34-38(40)49)17-15-25-55(2)3/h9-10,18-19,21-22,33-34,50H,8,11-14,16,20,23-32,35H2,1-7H3. The highest BCUT2D eigenvalue weighted by Crippen LogP contribution is 2.34. The zero-order valence-electron chi connectivity index (χ0n) is 39.3. The van der Waals surface area contributed by atoms with Crippen molar-refractivity contribution < 1.29 is 23.4 Å². The molecule has 1 aliphatic heterocycles. The zero-order valence-corrected chi connectivity index (χ0v) is 41.9. The molecule has 0 spiro atoms. The number of thiazole rings is 2. The molecule has 1 saturated heterocycles. The van der Waals surface area contributed by atoms with Crippen molar-refractivity contribution in [3.8, 4) is 17.6 Å². The maximum Gasteiger partial charge on any atom is 0.357 e. The summed E-state index contributed by atoms with van der Waals surface area (Å²) in [6.45, 7) is 16.9. The lowest BCUT2D eigenvalue weighted by Crippen LogP contribution is -2.36. The highest BCUT2D eigenvalue weighted by molar-refractivity contribution is 7.16. The topological polar surface area (TPSA) is 122 Å². The third-order valence-corrected chi connectivity index (χ3v) is 14.8. The molecule has 1 N–H and O–H groups in total. The van der Waals surface area contributed by atoms with Crippen LogP contribution in [0.2, 0.25) is 25.7 Å². The van der Waals surface area contributed by atoms with Crippen molar-refractivity contribution in [3.05, 3.63) is 80.8 Å². The number of likely N-dealkylation sites (tertiary alicyclic amines) is 1. The first-order valence-electron chi connectivity index (χ1n) is 22.8. The fraction of sp³-hybridized carbons (Fsp3) is 0.521. The SMILES string of the molecule is COC(=O)c1nc(N(CCCCNCCN2CCCCC2)c2cc(C)c(N=c3sc4ccccc4n3COCC[Si](C)(C)C)nn2)sc1CCCOc1ccc(C#CCN(C)C)cc1F. The number of nitrogens with zero attached hydrogens (tertiary/aromatic N) is 8. The van der Waals surface area contributed by atoms with Crippen LogP contribution in [0, 0.1) is 24.6 Å². The molecule has 5 aromatic rings. The Morgan fingerprint density at radius 3 is 2.57 bits per heavy atom. The Labute approximate surface area is 393 Å². The van der Waals surface area contributed by atoms with Crippen LogP contribution in [0.25, 0.3) is 10.2 Å². The molecule has 0 bridgehead atoms. The number of methoxy groups -OCH3 is 1. The number of fused-ring (bicyclic) bond motifs is 1.